The predicted molar refractivity (Wildman–Crippen MR) is 88.6 cm³/mol. The fourth-order valence-electron chi connectivity index (χ4n) is 2.37. The van der Waals surface area contributed by atoms with E-state index >= 15 is 0 Å². The maximum absolute atomic E-state index is 12.5. The van der Waals surface area contributed by atoms with Crippen molar-refractivity contribution in [1.29, 1.82) is 0 Å². The minimum Gasteiger partial charge on any atom is -0.352 e. The first-order valence-corrected chi connectivity index (χ1v) is 7.94. The fourth-order valence-corrected chi connectivity index (χ4v) is 2.58. The van der Waals surface area contributed by atoms with E-state index in [9.17, 15) is 4.79 Å². The van der Waals surface area contributed by atoms with Crippen LogP contribution in [0.5, 0.6) is 0 Å². The van der Waals surface area contributed by atoms with Crippen LogP contribution in [0.1, 0.15) is 30.0 Å². The predicted octanol–water partition coefficient (Wildman–Crippen LogP) is 3.45. The summed E-state index contributed by atoms with van der Waals surface area (Å²) in [6, 6.07) is 17.5. The Morgan fingerprint density at radius 2 is 1.77 bits per heavy atom. The molecule has 114 valence electrons. The standard InChI is InChI=1S/C18H19ClN2O/c19-16-9-5-4-8-14(16)12-20-17(13-6-2-1-3-7-13)18(22)21-15-10-11-15/h1-9,15,17,20H,10-12H2,(H,21,22)/t17-/m0/s1. The van der Waals surface area contributed by atoms with Crippen molar-refractivity contribution in [1.82, 2.24) is 10.6 Å². The second-order valence-electron chi connectivity index (χ2n) is 5.60. The molecule has 1 fully saturated rings. The van der Waals surface area contributed by atoms with Gasteiger partial charge in [0, 0.05) is 17.6 Å². The number of benzene rings is 2. The molecule has 3 nitrogen and oxygen atoms in total. The van der Waals surface area contributed by atoms with Crippen molar-refractivity contribution in [2.24, 2.45) is 0 Å². The summed E-state index contributed by atoms with van der Waals surface area (Å²) in [5.41, 5.74) is 1.96. The zero-order valence-corrected chi connectivity index (χ0v) is 13.0. The van der Waals surface area contributed by atoms with Gasteiger partial charge in [-0.1, -0.05) is 60.1 Å². The Kier molecular flexibility index (Phi) is 4.76. The van der Waals surface area contributed by atoms with Gasteiger partial charge in [-0.15, -0.1) is 0 Å². The topological polar surface area (TPSA) is 41.1 Å². The Morgan fingerprint density at radius 1 is 1.09 bits per heavy atom. The van der Waals surface area contributed by atoms with E-state index in [-0.39, 0.29) is 11.9 Å². The van der Waals surface area contributed by atoms with E-state index in [1.807, 2.05) is 54.6 Å². The molecule has 0 aromatic heterocycles. The van der Waals surface area contributed by atoms with Gasteiger partial charge >= 0.3 is 0 Å². The summed E-state index contributed by atoms with van der Waals surface area (Å²) >= 11 is 6.19. The second-order valence-corrected chi connectivity index (χ2v) is 6.01. The van der Waals surface area contributed by atoms with Gasteiger partial charge in [0.05, 0.1) is 0 Å². The van der Waals surface area contributed by atoms with Gasteiger partial charge in [-0.3, -0.25) is 10.1 Å². The van der Waals surface area contributed by atoms with Crippen LogP contribution in [0.15, 0.2) is 54.6 Å². The summed E-state index contributed by atoms with van der Waals surface area (Å²) < 4.78 is 0. The monoisotopic (exact) mass is 314 g/mol. The zero-order chi connectivity index (χ0) is 15.4. The molecule has 0 aliphatic heterocycles. The zero-order valence-electron chi connectivity index (χ0n) is 12.3. The quantitative estimate of drug-likeness (QED) is 0.857. The molecule has 2 aromatic carbocycles. The third kappa shape index (κ3) is 3.87. The first-order chi connectivity index (χ1) is 10.7. The average Bonchev–Trinajstić information content (AvgIpc) is 3.34. The van der Waals surface area contributed by atoms with Crippen LogP contribution in [0.3, 0.4) is 0 Å². The summed E-state index contributed by atoms with van der Waals surface area (Å²) in [7, 11) is 0. The molecule has 0 heterocycles. The van der Waals surface area contributed by atoms with Crippen molar-refractivity contribution < 1.29 is 4.79 Å². The molecule has 0 unspecified atom stereocenters. The van der Waals surface area contributed by atoms with Gasteiger partial charge in [-0.2, -0.15) is 0 Å². The Labute approximate surface area is 135 Å². The molecule has 0 radical (unpaired) electrons. The maximum Gasteiger partial charge on any atom is 0.241 e. The van der Waals surface area contributed by atoms with Gasteiger partial charge in [0.2, 0.25) is 5.91 Å². The Bertz CT molecular complexity index is 641. The van der Waals surface area contributed by atoms with Crippen LogP contribution >= 0.6 is 11.6 Å². The van der Waals surface area contributed by atoms with Gasteiger partial charge in [-0.25, -0.2) is 0 Å². The molecule has 2 N–H and O–H groups in total. The van der Waals surface area contributed by atoms with Gasteiger partial charge in [0.15, 0.2) is 0 Å². The summed E-state index contributed by atoms with van der Waals surface area (Å²) in [5.74, 6) is 0.0285. The lowest BCUT2D eigenvalue weighted by molar-refractivity contribution is -0.123. The molecule has 2 aromatic rings. The number of carbonyl (C=O) groups is 1. The minimum atomic E-state index is -0.363. The molecular formula is C18H19ClN2O. The number of nitrogens with one attached hydrogen (secondary N) is 2. The van der Waals surface area contributed by atoms with Gasteiger partial charge in [-0.05, 0) is 30.0 Å². The maximum atomic E-state index is 12.5. The van der Waals surface area contributed by atoms with Crippen molar-refractivity contribution in [3.63, 3.8) is 0 Å². The number of hydrogen-bond acceptors (Lipinski definition) is 2. The molecule has 22 heavy (non-hydrogen) atoms. The van der Waals surface area contributed by atoms with Crippen molar-refractivity contribution in [3.8, 4) is 0 Å². The van der Waals surface area contributed by atoms with Crippen molar-refractivity contribution in [3.05, 3.63) is 70.7 Å². The van der Waals surface area contributed by atoms with Crippen molar-refractivity contribution in [2.75, 3.05) is 0 Å². The summed E-state index contributed by atoms with van der Waals surface area (Å²) in [4.78, 5) is 12.5. The smallest absolute Gasteiger partial charge is 0.241 e. The number of halogens is 1. The van der Waals surface area contributed by atoms with E-state index in [0.717, 1.165) is 24.0 Å². The fraction of sp³-hybridized carbons (Fsp3) is 0.278. The molecule has 1 atom stereocenters. The molecule has 0 spiro atoms. The molecule has 1 amide bonds. The highest BCUT2D eigenvalue weighted by molar-refractivity contribution is 6.31. The van der Waals surface area contributed by atoms with Crippen LogP contribution in [0, 0.1) is 0 Å². The van der Waals surface area contributed by atoms with Crippen LogP contribution in [-0.4, -0.2) is 11.9 Å². The lowest BCUT2D eigenvalue weighted by Gasteiger charge is -2.19. The van der Waals surface area contributed by atoms with Crippen LogP contribution in [0.25, 0.3) is 0 Å². The molecule has 1 aliphatic carbocycles. The van der Waals surface area contributed by atoms with Crippen LogP contribution in [0.2, 0.25) is 5.02 Å². The lowest BCUT2D eigenvalue weighted by Crippen LogP contribution is -2.38. The summed E-state index contributed by atoms with van der Waals surface area (Å²) in [6.45, 7) is 0.553. The molecule has 1 saturated carbocycles. The first kappa shape index (κ1) is 15.1. The van der Waals surface area contributed by atoms with E-state index in [2.05, 4.69) is 10.6 Å². The number of carbonyl (C=O) groups excluding carboxylic acids is 1. The first-order valence-electron chi connectivity index (χ1n) is 7.56. The van der Waals surface area contributed by atoms with Gasteiger partial charge in [0.25, 0.3) is 0 Å². The highest BCUT2D eigenvalue weighted by atomic mass is 35.5. The highest BCUT2D eigenvalue weighted by Crippen LogP contribution is 2.22. The molecule has 3 rings (SSSR count). The average molecular weight is 315 g/mol. The Morgan fingerprint density at radius 3 is 2.45 bits per heavy atom. The van der Waals surface area contributed by atoms with Gasteiger partial charge < -0.3 is 5.32 Å². The van der Waals surface area contributed by atoms with Crippen LogP contribution < -0.4 is 10.6 Å². The van der Waals surface area contributed by atoms with E-state index in [0.29, 0.717) is 17.6 Å². The highest BCUT2D eigenvalue weighted by Gasteiger charge is 2.28. The Hall–Kier alpha value is -1.84. The summed E-state index contributed by atoms with van der Waals surface area (Å²) in [6.07, 6.45) is 2.16. The number of hydrogen-bond donors (Lipinski definition) is 2. The van der Waals surface area contributed by atoms with Crippen molar-refractivity contribution in [2.45, 2.75) is 31.5 Å². The third-order valence-electron chi connectivity index (χ3n) is 3.77. The van der Waals surface area contributed by atoms with Crippen molar-refractivity contribution >= 4 is 17.5 Å². The second kappa shape index (κ2) is 6.95. The van der Waals surface area contributed by atoms with Crippen LogP contribution in [0.4, 0.5) is 0 Å². The molecule has 1 aliphatic rings. The van der Waals surface area contributed by atoms with E-state index < -0.39 is 0 Å². The Balaban J connectivity index is 1.73. The van der Waals surface area contributed by atoms with Crippen LogP contribution in [-0.2, 0) is 11.3 Å². The third-order valence-corrected chi connectivity index (χ3v) is 4.14. The number of amides is 1. The summed E-state index contributed by atoms with van der Waals surface area (Å²) in [5, 5.41) is 7.11. The largest absolute Gasteiger partial charge is 0.352 e. The molecular weight excluding hydrogens is 296 g/mol. The molecule has 0 bridgehead atoms. The number of rotatable bonds is 6. The molecule has 4 heteroatoms. The molecule has 0 saturated heterocycles. The SMILES string of the molecule is O=C(NC1CC1)[C@@H](NCc1ccccc1Cl)c1ccccc1. The van der Waals surface area contributed by atoms with E-state index in [4.69, 9.17) is 11.6 Å². The lowest BCUT2D eigenvalue weighted by atomic mass is 10.1. The van der Waals surface area contributed by atoms with E-state index in [1.165, 1.54) is 0 Å². The van der Waals surface area contributed by atoms with E-state index in [1.54, 1.807) is 0 Å². The minimum absolute atomic E-state index is 0.0285. The van der Waals surface area contributed by atoms with Gasteiger partial charge in [0.1, 0.15) is 6.04 Å². The normalized spacial score (nSPS) is 15.3.